The molecule has 0 aliphatic carbocycles. The predicted octanol–water partition coefficient (Wildman–Crippen LogP) is 3.57. The molecule has 0 unspecified atom stereocenters. The quantitative estimate of drug-likeness (QED) is 0.520. The van der Waals surface area contributed by atoms with Gasteiger partial charge in [-0.3, -0.25) is 0 Å². The van der Waals surface area contributed by atoms with E-state index in [1.165, 1.54) is 0 Å². The zero-order chi connectivity index (χ0) is 12.5. The first kappa shape index (κ1) is 14.1. The largest absolute Gasteiger partial charge is 0.494 e. The third-order valence-electron chi connectivity index (χ3n) is 2.33. The van der Waals surface area contributed by atoms with Gasteiger partial charge < -0.3 is 9.47 Å². The lowest BCUT2D eigenvalue weighted by Crippen LogP contribution is -2.01. The SMILES string of the molecule is C=C(OCC)c1ccccc1COCCSC. The molecule has 0 spiro atoms. The summed E-state index contributed by atoms with van der Waals surface area (Å²) in [6, 6.07) is 8.07. The minimum Gasteiger partial charge on any atom is -0.494 e. The van der Waals surface area contributed by atoms with Crippen LogP contribution in [-0.2, 0) is 16.1 Å². The normalized spacial score (nSPS) is 10.2. The number of hydrogen-bond donors (Lipinski definition) is 0. The lowest BCUT2D eigenvalue weighted by molar-refractivity contribution is 0.136. The fourth-order valence-corrected chi connectivity index (χ4v) is 1.78. The smallest absolute Gasteiger partial charge is 0.119 e. The van der Waals surface area contributed by atoms with Gasteiger partial charge in [0.25, 0.3) is 0 Å². The van der Waals surface area contributed by atoms with Crippen LogP contribution in [0, 0.1) is 0 Å². The molecule has 0 N–H and O–H groups in total. The van der Waals surface area contributed by atoms with E-state index < -0.39 is 0 Å². The van der Waals surface area contributed by atoms with Crippen molar-refractivity contribution >= 4 is 17.5 Å². The molecule has 0 heterocycles. The van der Waals surface area contributed by atoms with Crippen LogP contribution in [0.1, 0.15) is 18.1 Å². The number of thioether (sulfide) groups is 1. The molecule has 0 saturated heterocycles. The molecule has 94 valence electrons. The molecule has 0 saturated carbocycles. The predicted molar refractivity (Wildman–Crippen MR) is 75.1 cm³/mol. The van der Waals surface area contributed by atoms with Crippen molar-refractivity contribution in [1.29, 1.82) is 0 Å². The van der Waals surface area contributed by atoms with Crippen molar-refractivity contribution < 1.29 is 9.47 Å². The molecule has 1 aromatic rings. The van der Waals surface area contributed by atoms with E-state index in [1.807, 2.05) is 25.1 Å². The number of ether oxygens (including phenoxy) is 2. The zero-order valence-corrected chi connectivity index (χ0v) is 11.4. The van der Waals surface area contributed by atoms with Crippen LogP contribution < -0.4 is 0 Å². The van der Waals surface area contributed by atoms with Crippen LogP contribution >= 0.6 is 11.8 Å². The third-order valence-corrected chi connectivity index (χ3v) is 2.90. The van der Waals surface area contributed by atoms with Crippen LogP contribution in [-0.4, -0.2) is 25.2 Å². The second kappa shape index (κ2) is 8.20. The van der Waals surface area contributed by atoms with Crippen LogP contribution in [0.5, 0.6) is 0 Å². The van der Waals surface area contributed by atoms with Gasteiger partial charge in [0.1, 0.15) is 5.76 Å². The first-order chi connectivity index (χ1) is 8.29. The van der Waals surface area contributed by atoms with E-state index >= 15 is 0 Å². The summed E-state index contributed by atoms with van der Waals surface area (Å²) in [6.07, 6.45) is 2.08. The summed E-state index contributed by atoms with van der Waals surface area (Å²) in [5.41, 5.74) is 2.17. The Balaban J connectivity index is 2.61. The van der Waals surface area contributed by atoms with Gasteiger partial charge in [-0.25, -0.2) is 0 Å². The maximum absolute atomic E-state index is 5.61. The minimum absolute atomic E-state index is 0.614. The fourth-order valence-electron chi connectivity index (χ4n) is 1.49. The van der Waals surface area contributed by atoms with Crippen molar-refractivity contribution in [2.75, 3.05) is 25.2 Å². The van der Waals surface area contributed by atoms with Gasteiger partial charge in [-0.15, -0.1) is 0 Å². The Labute approximate surface area is 108 Å². The van der Waals surface area contributed by atoms with Crippen molar-refractivity contribution in [3.8, 4) is 0 Å². The van der Waals surface area contributed by atoms with E-state index in [1.54, 1.807) is 11.8 Å². The van der Waals surface area contributed by atoms with Crippen LogP contribution in [0.25, 0.3) is 5.76 Å². The summed E-state index contributed by atoms with van der Waals surface area (Å²) in [7, 11) is 0. The highest BCUT2D eigenvalue weighted by Crippen LogP contribution is 2.19. The zero-order valence-electron chi connectivity index (χ0n) is 10.6. The monoisotopic (exact) mass is 252 g/mol. The highest BCUT2D eigenvalue weighted by molar-refractivity contribution is 7.98. The first-order valence-corrected chi connectivity index (χ1v) is 7.15. The second-order valence-corrected chi connectivity index (χ2v) is 4.54. The Morgan fingerprint density at radius 3 is 2.82 bits per heavy atom. The molecular weight excluding hydrogens is 232 g/mol. The maximum Gasteiger partial charge on any atom is 0.119 e. The van der Waals surface area contributed by atoms with Gasteiger partial charge in [0.15, 0.2) is 0 Å². The molecule has 0 aliphatic heterocycles. The van der Waals surface area contributed by atoms with Gasteiger partial charge in [-0.05, 0) is 18.7 Å². The molecule has 3 heteroatoms. The number of hydrogen-bond acceptors (Lipinski definition) is 3. The molecule has 17 heavy (non-hydrogen) atoms. The first-order valence-electron chi connectivity index (χ1n) is 5.76. The summed E-state index contributed by atoms with van der Waals surface area (Å²) in [5.74, 6) is 1.74. The molecule has 2 nitrogen and oxygen atoms in total. The lowest BCUT2D eigenvalue weighted by Gasteiger charge is -2.12. The highest BCUT2D eigenvalue weighted by atomic mass is 32.2. The topological polar surface area (TPSA) is 18.5 Å². The van der Waals surface area contributed by atoms with Crippen LogP contribution in [0.15, 0.2) is 30.8 Å². The minimum atomic E-state index is 0.614. The summed E-state index contributed by atoms with van der Waals surface area (Å²) >= 11 is 1.79. The van der Waals surface area contributed by atoms with Crippen molar-refractivity contribution in [3.63, 3.8) is 0 Å². The maximum atomic E-state index is 5.61. The van der Waals surface area contributed by atoms with Gasteiger partial charge in [0.05, 0.1) is 19.8 Å². The van der Waals surface area contributed by atoms with Gasteiger partial charge in [-0.2, -0.15) is 11.8 Å². The molecule has 0 aromatic heterocycles. The average molecular weight is 252 g/mol. The van der Waals surface area contributed by atoms with Gasteiger partial charge in [0, 0.05) is 11.3 Å². The van der Waals surface area contributed by atoms with E-state index in [9.17, 15) is 0 Å². The molecular formula is C14H20O2S. The van der Waals surface area contributed by atoms with E-state index in [0.717, 1.165) is 29.2 Å². The number of rotatable bonds is 8. The molecule has 0 atom stereocenters. The van der Waals surface area contributed by atoms with E-state index in [0.29, 0.717) is 13.2 Å². The summed E-state index contributed by atoms with van der Waals surface area (Å²) < 4.78 is 11.1. The van der Waals surface area contributed by atoms with Gasteiger partial charge in [-0.1, -0.05) is 30.8 Å². The molecule has 1 rings (SSSR count). The molecule has 0 bridgehead atoms. The van der Waals surface area contributed by atoms with Crippen LogP contribution in [0.4, 0.5) is 0 Å². The third kappa shape index (κ3) is 4.84. The molecule has 0 fully saturated rings. The molecule has 0 aliphatic rings. The molecule has 0 amide bonds. The Morgan fingerprint density at radius 2 is 2.12 bits per heavy atom. The average Bonchev–Trinajstić information content (AvgIpc) is 2.35. The van der Waals surface area contributed by atoms with Crippen molar-refractivity contribution in [3.05, 3.63) is 42.0 Å². The van der Waals surface area contributed by atoms with E-state index in [2.05, 4.69) is 18.9 Å². The van der Waals surface area contributed by atoms with Crippen molar-refractivity contribution in [2.45, 2.75) is 13.5 Å². The van der Waals surface area contributed by atoms with E-state index in [4.69, 9.17) is 9.47 Å². The van der Waals surface area contributed by atoms with Crippen molar-refractivity contribution in [2.24, 2.45) is 0 Å². The van der Waals surface area contributed by atoms with Gasteiger partial charge >= 0.3 is 0 Å². The summed E-state index contributed by atoms with van der Waals surface area (Å²) in [5, 5.41) is 0. The van der Waals surface area contributed by atoms with Gasteiger partial charge in [0.2, 0.25) is 0 Å². The Bertz CT molecular complexity index is 350. The van der Waals surface area contributed by atoms with E-state index in [-0.39, 0.29) is 0 Å². The van der Waals surface area contributed by atoms with Crippen molar-refractivity contribution in [1.82, 2.24) is 0 Å². The Hall–Kier alpha value is -0.930. The second-order valence-electron chi connectivity index (χ2n) is 3.56. The molecule has 0 radical (unpaired) electrons. The fraction of sp³-hybridized carbons (Fsp3) is 0.429. The Kier molecular flexibility index (Phi) is 6.82. The summed E-state index contributed by atoms with van der Waals surface area (Å²) in [4.78, 5) is 0. The Morgan fingerprint density at radius 1 is 1.35 bits per heavy atom. The number of benzene rings is 1. The highest BCUT2D eigenvalue weighted by Gasteiger charge is 2.06. The summed E-state index contributed by atoms with van der Waals surface area (Å²) in [6.45, 7) is 7.93. The molecule has 1 aromatic carbocycles. The van der Waals surface area contributed by atoms with Crippen LogP contribution in [0.2, 0.25) is 0 Å². The lowest BCUT2D eigenvalue weighted by atomic mass is 10.1. The van der Waals surface area contributed by atoms with Crippen LogP contribution in [0.3, 0.4) is 0 Å². The standard InChI is InChI=1S/C14H20O2S/c1-4-16-12(2)14-8-6-5-7-13(14)11-15-9-10-17-3/h5-8H,2,4,9-11H2,1,3H3.